The van der Waals surface area contributed by atoms with Gasteiger partial charge in [-0.25, -0.2) is 8.42 Å². The average molecular weight is 359 g/mol. The highest BCUT2D eigenvalue weighted by Gasteiger charge is 2.17. The number of amides is 1. The van der Waals surface area contributed by atoms with Gasteiger partial charge in [0.15, 0.2) is 0 Å². The lowest BCUT2D eigenvalue weighted by Crippen LogP contribution is -2.18. The maximum atomic E-state index is 12.3. The summed E-state index contributed by atoms with van der Waals surface area (Å²) in [7, 11) is -3.66. The summed E-state index contributed by atoms with van der Waals surface area (Å²) in [6, 6.07) is 8.17. The number of hydrogen-bond donors (Lipinski definition) is 2. The highest BCUT2D eigenvalue weighted by molar-refractivity contribution is 7.94. The zero-order valence-electron chi connectivity index (χ0n) is 12.0. The number of carbonyl (C=O) groups is 1. The summed E-state index contributed by atoms with van der Waals surface area (Å²) < 4.78 is 27.3. The third-order valence-corrected chi connectivity index (χ3v) is 6.20. The highest BCUT2D eigenvalue weighted by atomic mass is 35.5. The lowest BCUT2D eigenvalue weighted by Gasteiger charge is -2.07. The normalized spacial score (nSPS) is 11.2. The summed E-state index contributed by atoms with van der Waals surface area (Å²) in [6.07, 6.45) is 0. The maximum absolute atomic E-state index is 12.3. The molecule has 2 N–H and O–H groups in total. The molecular formula is C14H15ClN2O3S2. The summed E-state index contributed by atoms with van der Waals surface area (Å²) >= 11 is 7.10. The van der Waals surface area contributed by atoms with Crippen molar-refractivity contribution in [1.29, 1.82) is 0 Å². The van der Waals surface area contributed by atoms with Gasteiger partial charge in [0.1, 0.15) is 4.21 Å². The number of thiophene rings is 1. The van der Waals surface area contributed by atoms with E-state index in [-0.39, 0.29) is 10.1 Å². The van der Waals surface area contributed by atoms with Gasteiger partial charge in [-0.05, 0) is 36.8 Å². The molecule has 0 atom stereocenters. The van der Waals surface area contributed by atoms with Gasteiger partial charge in [0, 0.05) is 16.8 Å². The van der Waals surface area contributed by atoms with E-state index in [9.17, 15) is 13.2 Å². The lowest BCUT2D eigenvalue weighted by molar-refractivity contribution is -0.119. The zero-order chi connectivity index (χ0) is 16.3. The number of nitrogens with one attached hydrogen (secondary N) is 2. The Morgan fingerprint density at radius 3 is 2.64 bits per heavy atom. The Balaban J connectivity index is 2.16. The molecule has 0 radical (unpaired) electrons. The van der Waals surface area contributed by atoms with Crippen LogP contribution >= 0.6 is 22.9 Å². The fourth-order valence-electron chi connectivity index (χ4n) is 1.67. The van der Waals surface area contributed by atoms with Gasteiger partial charge in [-0.3, -0.25) is 9.52 Å². The van der Waals surface area contributed by atoms with Gasteiger partial charge >= 0.3 is 0 Å². The zero-order valence-corrected chi connectivity index (χ0v) is 14.4. The Morgan fingerprint density at radius 1 is 1.27 bits per heavy atom. The molecule has 0 bridgehead atoms. The molecule has 8 heteroatoms. The summed E-state index contributed by atoms with van der Waals surface area (Å²) in [5.41, 5.74) is 1.28. The van der Waals surface area contributed by atoms with Crippen LogP contribution in [-0.4, -0.2) is 14.3 Å². The van der Waals surface area contributed by atoms with Crippen LogP contribution in [0, 0.1) is 6.92 Å². The lowest BCUT2D eigenvalue weighted by atomic mass is 10.2. The molecule has 5 nitrogen and oxygen atoms in total. The second-order valence-electron chi connectivity index (χ2n) is 4.70. The third kappa shape index (κ3) is 4.22. The molecule has 2 rings (SSSR count). The van der Waals surface area contributed by atoms with Crippen LogP contribution in [0.3, 0.4) is 0 Å². The van der Waals surface area contributed by atoms with Crippen molar-refractivity contribution in [3.8, 4) is 0 Å². The Bertz CT molecular complexity index is 800. The largest absolute Gasteiger partial charge is 0.351 e. The minimum absolute atomic E-state index is 0.162. The molecule has 0 saturated carbocycles. The first-order valence-corrected chi connectivity index (χ1v) is 9.08. The number of hydrogen-bond acceptors (Lipinski definition) is 4. The van der Waals surface area contributed by atoms with E-state index in [1.165, 1.54) is 13.0 Å². The molecule has 0 aliphatic heterocycles. The van der Waals surface area contributed by atoms with Crippen LogP contribution in [0.5, 0.6) is 0 Å². The summed E-state index contributed by atoms with van der Waals surface area (Å²) in [6.45, 7) is 3.56. The van der Waals surface area contributed by atoms with E-state index < -0.39 is 10.0 Å². The number of rotatable bonds is 5. The second-order valence-corrected chi connectivity index (χ2v) is 8.18. The van der Waals surface area contributed by atoms with Crippen LogP contribution in [0.4, 0.5) is 5.69 Å². The Kier molecular flexibility index (Phi) is 5.10. The van der Waals surface area contributed by atoms with Crippen molar-refractivity contribution in [1.82, 2.24) is 5.32 Å². The first kappa shape index (κ1) is 16.8. The van der Waals surface area contributed by atoms with Gasteiger partial charge in [-0.2, -0.15) is 0 Å². The number of carbonyl (C=O) groups excluding carboxylic acids is 1. The Labute approximate surface area is 138 Å². The van der Waals surface area contributed by atoms with Crippen LogP contribution < -0.4 is 10.0 Å². The fourth-order valence-corrected chi connectivity index (χ4v) is 4.20. The fraction of sp³-hybridized carbons (Fsp3) is 0.214. The molecule has 2 aromatic rings. The summed E-state index contributed by atoms with van der Waals surface area (Å²) in [5, 5.41) is 3.13. The number of sulfonamides is 1. The van der Waals surface area contributed by atoms with E-state index in [4.69, 9.17) is 11.6 Å². The van der Waals surface area contributed by atoms with Gasteiger partial charge in [0.05, 0.1) is 12.2 Å². The minimum atomic E-state index is -3.66. The molecule has 1 aromatic carbocycles. The maximum Gasteiger partial charge on any atom is 0.271 e. The number of aryl methyl sites for hydroxylation is 1. The van der Waals surface area contributed by atoms with E-state index in [1.54, 1.807) is 24.3 Å². The number of halogens is 1. The monoisotopic (exact) mass is 358 g/mol. The van der Waals surface area contributed by atoms with Crippen LogP contribution in [0.2, 0.25) is 5.02 Å². The van der Waals surface area contributed by atoms with Crippen LogP contribution in [0.15, 0.2) is 34.5 Å². The second kappa shape index (κ2) is 6.68. The molecule has 118 valence electrons. The van der Waals surface area contributed by atoms with E-state index in [0.717, 1.165) is 21.8 Å². The van der Waals surface area contributed by atoms with Gasteiger partial charge in [0.2, 0.25) is 5.91 Å². The SMILES string of the molecule is CC(=O)NCc1ccc(S(=O)(=O)Nc2ccc(C)c(Cl)c2)s1. The van der Waals surface area contributed by atoms with Gasteiger partial charge in [0.25, 0.3) is 10.0 Å². The van der Waals surface area contributed by atoms with Crippen LogP contribution in [0.1, 0.15) is 17.4 Å². The molecule has 1 amide bonds. The molecule has 1 heterocycles. The van der Waals surface area contributed by atoms with Crippen molar-refractivity contribution in [2.75, 3.05) is 4.72 Å². The molecule has 0 saturated heterocycles. The molecule has 0 fully saturated rings. The topological polar surface area (TPSA) is 75.3 Å². The Hall–Kier alpha value is -1.57. The van der Waals surface area contributed by atoms with Crippen molar-refractivity contribution in [2.24, 2.45) is 0 Å². The predicted octanol–water partition coefficient (Wildman–Crippen LogP) is 3.15. The van der Waals surface area contributed by atoms with E-state index in [1.807, 2.05) is 6.92 Å². The van der Waals surface area contributed by atoms with Crippen LogP contribution in [0.25, 0.3) is 0 Å². The molecule has 0 aliphatic rings. The summed E-state index contributed by atoms with van der Waals surface area (Å²) in [4.78, 5) is 11.6. The standard InChI is InChI=1S/C14H15ClN2O3S2/c1-9-3-4-11(7-13(9)15)17-22(19,20)14-6-5-12(21-14)8-16-10(2)18/h3-7,17H,8H2,1-2H3,(H,16,18). The van der Waals surface area contributed by atoms with Crippen molar-refractivity contribution in [3.05, 3.63) is 45.8 Å². The first-order chi connectivity index (χ1) is 10.3. The van der Waals surface area contributed by atoms with Crippen molar-refractivity contribution in [2.45, 2.75) is 24.6 Å². The Morgan fingerprint density at radius 2 is 2.00 bits per heavy atom. The van der Waals surface area contributed by atoms with Crippen molar-refractivity contribution in [3.63, 3.8) is 0 Å². The smallest absolute Gasteiger partial charge is 0.271 e. The number of benzene rings is 1. The highest BCUT2D eigenvalue weighted by Crippen LogP contribution is 2.26. The third-order valence-electron chi connectivity index (χ3n) is 2.84. The van der Waals surface area contributed by atoms with Gasteiger partial charge < -0.3 is 5.32 Å². The minimum Gasteiger partial charge on any atom is -0.351 e. The summed E-state index contributed by atoms with van der Waals surface area (Å²) in [5.74, 6) is -0.162. The van der Waals surface area contributed by atoms with Crippen LogP contribution in [-0.2, 0) is 21.4 Å². The van der Waals surface area contributed by atoms with Gasteiger partial charge in [-0.15, -0.1) is 11.3 Å². The van der Waals surface area contributed by atoms with E-state index >= 15 is 0 Å². The van der Waals surface area contributed by atoms with Crippen molar-refractivity contribution < 1.29 is 13.2 Å². The molecule has 1 aromatic heterocycles. The number of anilines is 1. The average Bonchev–Trinajstić information content (AvgIpc) is 2.90. The first-order valence-electron chi connectivity index (χ1n) is 6.40. The molecule has 0 unspecified atom stereocenters. The quantitative estimate of drug-likeness (QED) is 0.862. The molecule has 0 aliphatic carbocycles. The predicted molar refractivity (Wildman–Crippen MR) is 88.8 cm³/mol. The molecule has 22 heavy (non-hydrogen) atoms. The molecule has 0 spiro atoms. The molecular weight excluding hydrogens is 344 g/mol. The van der Waals surface area contributed by atoms with Crippen molar-refractivity contribution >= 4 is 44.6 Å². The van der Waals surface area contributed by atoms with E-state index in [0.29, 0.717) is 17.3 Å². The van der Waals surface area contributed by atoms with E-state index in [2.05, 4.69) is 10.0 Å². The van der Waals surface area contributed by atoms with Gasteiger partial charge in [-0.1, -0.05) is 17.7 Å².